The zero-order valence-electron chi connectivity index (χ0n) is 18.2. The monoisotopic (exact) mass is 468 g/mol. The normalized spacial score (nSPS) is 21.0. The molecule has 0 unspecified atom stereocenters. The van der Waals surface area contributed by atoms with Crippen LogP contribution in [0.4, 0.5) is 13.2 Å². The van der Waals surface area contributed by atoms with Gasteiger partial charge in [-0.25, -0.2) is 4.79 Å². The number of ether oxygens (including phenoxy) is 1. The minimum Gasteiger partial charge on any atom is -0.475 e. The number of fused-ring (bicyclic) bond motifs is 1. The highest BCUT2D eigenvalue weighted by molar-refractivity contribution is 5.79. The Bertz CT molecular complexity index is 935. The molecule has 4 rings (SSSR count). The van der Waals surface area contributed by atoms with E-state index >= 15 is 0 Å². The Hall–Kier alpha value is -2.92. The molecule has 2 saturated heterocycles. The third-order valence-corrected chi connectivity index (χ3v) is 5.57. The number of likely N-dealkylation sites (tertiary alicyclic amines) is 1. The maximum Gasteiger partial charge on any atom is 0.490 e. The second-order valence-corrected chi connectivity index (χ2v) is 8.19. The van der Waals surface area contributed by atoms with Crippen molar-refractivity contribution in [3.05, 3.63) is 53.9 Å². The molecule has 1 N–H and O–H groups in total. The van der Waals surface area contributed by atoms with Crippen molar-refractivity contribution in [2.75, 3.05) is 32.8 Å². The van der Waals surface area contributed by atoms with Crippen LogP contribution in [0, 0.1) is 5.92 Å². The Labute approximate surface area is 189 Å². The number of rotatable bonds is 4. The van der Waals surface area contributed by atoms with Gasteiger partial charge in [-0.05, 0) is 5.56 Å². The number of aliphatic carboxylic acids is 1. The maximum atomic E-state index is 12.7. The van der Waals surface area contributed by atoms with Crippen LogP contribution in [0.1, 0.15) is 11.1 Å². The number of carbonyl (C=O) groups excluding carboxylic acids is 1. The molecule has 0 bridgehead atoms. The summed E-state index contributed by atoms with van der Waals surface area (Å²) in [7, 11) is 1.94. The minimum absolute atomic E-state index is 0.161. The molecule has 2 aliphatic heterocycles. The number of amides is 1. The van der Waals surface area contributed by atoms with Crippen LogP contribution < -0.4 is 0 Å². The van der Waals surface area contributed by atoms with Crippen LogP contribution in [0.3, 0.4) is 0 Å². The van der Waals surface area contributed by atoms with E-state index in [2.05, 4.69) is 16.2 Å². The van der Waals surface area contributed by atoms with Gasteiger partial charge in [-0.2, -0.15) is 18.3 Å². The fourth-order valence-electron chi connectivity index (χ4n) is 4.00. The van der Waals surface area contributed by atoms with Gasteiger partial charge in [0.05, 0.1) is 25.3 Å². The molecule has 2 aromatic rings. The lowest BCUT2D eigenvalue weighted by Gasteiger charge is -2.22. The minimum atomic E-state index is -5.08. The molecule has 8 nitrogen and oxygen atoms in total. The molecular weight excluding hydrogens is 441 g/mol. The van der Waals surface area contributed by atoms with E-state index in [1.54, 1.807) is 0 Å². The average Bonchev–Trinajstić information content (AvgIpc) is 3.29. The predicted octanol–water partition coefficient (Wildman–Crippen LogP) is 1.96. The quantitative estimate of drug-likeness (QED) is 0.738. The van der Waals surface area contributed by atoms with Gasteiger partial charge in [-0.1, -0.05) is 30.3 Å². The van der Waals surface area contributed by atoms with Gasteiger partial charge in [0.1, 0.15) is 0 Å². The number of aromatic nitrogens is 2. The van der Waals surface area contributed by atoms with E-state index in [1.165, 1.54) is 5.56 Å². The zero-order valence-corrected chi connectivity index (χ0v) is 18.2. The lowest BCUT2D eigenvalue weighted by Crippen LogP contribution is -2.34. The van der Waals surface area contributed by atoms with Gasteiger partial charge in [0.15, 0.2) is 0 Å². The number of carboxylic acids is 1. The van der Waals surface area contributed by atoms with Crippen molar-refractivity contribution in [2.24, 2.45) is 13.0 Å². The van der Waals surface area contributed by atoms with Crippen molar-refractivity contribution < 1.29 is 32.6 Å². The van der Waals surface area contributed by atoms with E-state index in [0.717, 1.165) is 44.9 Å². The van der Waals surface area contributed by atoms with Crippen LogP contribution in [0.5, 0.6) is 0 Å². The van der Waals surface area contributed by atoms with Gasteiger partial charge in [0, 0.05) is 57.4 Å². The largest absolute Gasteiger partial charge is 0.490 e. The van der Waals surface area contributed by atoms with Crippen LogP contribution in [0.15, 0.2) is 42.7 Å². The lowest BCUT2D eigenvalue weighted by atomic mass is 10.1. The standard InChI is InChI=1S/C20H26N4O2.C2HF3O2/c1-22-11-17(10-21-22)12-23-7-8-26-19-15-24(14-18(19)13-23)20(25)9-16-5-3-2-4-6-16;3-2(4,5)1(6)7/h2-6,10-11,18-19H,7-9,12-15H2,1H3;(H,6,7)/t18-,19+;/m0./s1. The molecule has 1 aromatic heterocycles. The SMILES string of the molecule is Cn1cc(CN2CCO[C@@H]3CN(C(=O)Cc4ccccc4)C[C@@H]3C2)cn1.O=C(O)C(F)(F)F. The van der Waals surface area contributed by atoms with E-state index in [1.807, 2.05) is 53.2 Å². The second kappa shape index (κ2) is 10.8. The summed E-state index contributed by atoms with van der Waals surface area (Å²) in [6.07, 6.45) is -0.463. The number of benzene rings is 1. The van der Waals surface area contributed by atoms with Crippen molar-refractivity contribution in [3.8, 4) is 0 Å². The van der Waals surface area contributed by atoms with Gasteiger partial charge in [-0.15, -0.1) is 0 Å². The molecule has 180 valence electrons. The van der Waals surface area contributed by atoms with Gasteiger partial charge in [0.2, 0.25) is 5.91 Å². The van der Waals surface area contributed by atoms with Crippen LogP contribution in [0.25, 0.3) is 0 Å². The molecular formula is C22H27F3N4O4. The van der Waals surface area contributed by atoms with E-state index in [-0.39, 0.29) is 12.0 Å². The van der Waals surface area contributed by atoms with E-state index in [0.29, 0.717) is 12.3 Å². The number of alkyl halides is 3. The number of nitrogens with zero attached hydrogens (tertiary/aromatic N) is 4. The molecule has 2 fully saturated rings. The fourth-order valence-corrected chi connectivity index (χ4v) is 4.00. The molecule has 2 atom stereocenters. The molecule has 0 spiro atoms. The molecule has 1 amide bonds. The summed E-state index contributed by atoms with van der Waals surface area (Å²) in [5.41, 5.74) is 2.30. The summed E-state index contributed by atoms with van der Waals surface area (Å²) in [5.74, 6) is -2.17. The van der Waals surface area contributed by atoms with Crippen molar-refractivity contribution >= 4 is 11.9 Å². The lowest BCUT2D eigenvalue weighted by molar-refractivity contribution is -0.192. The Balaban J connectivity index is 0.000000383. The highest BCUT2D eigenvalue weighted by atomic mass is 19.4. The Morgan fingerprint density at radius 2 is 1.85 bits per heavy atom. The van der Waals surface area contributed by atoms with Crippen LogP contribution in [-0.2, 0) is 34.3 Å². The number of hydrogen-bond donors (Lipinski definition) is 1. The first-order valence-corrected chi connectivity index (χ1v) is 10.5. The van der Waals surface area contributed by atoms with Crippen molar-refractivity contribution in [3.63, 3.8) is 0 Å². The topological polar surface area (TPSA) is 87.9 Å². The molecule has 11 heteroatoms. The van der Waals surface area contributed by atoms with Crippen LogP contribution in [-0.4, -0.2) is 81.6 Å². The number of hydrogen-bond acceptors (Lipinski definition) is 5. The average molecular weight is 468 g/mol. The fraction of sp³-hybridized carbons (Fsp3) is 0.500. The highest BCUT2D eigenvalue weighted by Crippen LogP contribution is 2.25. The summed E-state index contributed by atoms with van der Waals surface area (Å²) < 4.78 is 39.6. The predicted molar refractivity (Wildman–Crippen MR) is 112 cm³/mol. The summed E-state index contributed by atoms with van der Waals surface area (Å²) in [6.45, 7) is 5.02. The van der Waals surface area contributed by atoms with Gasteiger partial charge >= 0.3 is 12.1 Å². The first kappa shape index (κ1) is 24.7. The zero-order chi connectivity index (χ0) is 24.0. The second-order valence-electron chi connectivity index (χ2n) is 8.19. The van der Waals surface area contributed by atoms with Crippen molar-refractivity contribution in [1.82, 2.24) is 19.6 Å². The molecule has 0 radical (unpaired) electrons. The number of halogens is 3. The first-order chi connectivity index (χ1) is 15.6. The maximum absolute atomic E-state index is 12.7. The van der Waals surface area contributed by atoms with Gasteiger partial charge < -0.3 is 14.7 Å². The third kappa shape index (κ3) is 7.29. The van der Waals surface area contributed by atoms with Gasteiger partial charge in [0.25, 0.3) is 0 Å². The molecule has 2 aliphatic rings. The highest BCUT2D eigenvalue weighted by Gasteiger charge is 2.39. The summed E-state index contributed by atoms with van der Waals surface area (Å²) in [6, 6.07) is 9.97. The number of carbonyl (C=O) groups is 2. The summed E-state index contributed by atoms with van der Waals surface area (Å²) >= 11 is 0. The Morgan fingerprint density at radius 1 is 1.15 bits per heavy atom. The first-order valence-electron chi connectivity index (χ1n) is 10.5. The molecule has 0 saturated carbocycles. The molecule has 33 heavy (non-hydrogen) atoms. The molecule has 3 heterocycles. The summed E-state index contributed by atoms with van der Waals surface area (Å²) in [5, 5.41) is 11.4. The van der Waals surface area contributed by atoms with Crippen LogP contribution in [0.2, 0.25) is 0 Å². The van der Waals surface area contributed by atoms with E-state index in [4.69, 9.17) is 14.6 Å². The Morgan fingerprint density at radius 3 is 2.45 bits per heavy atom. The van der Waals surface area contributed by atoms with E-state index in [9.17, 15) is 18.0 Å². The van der Waals surface area contributed by atoms with Gasteiger partial charge in [-0.3, -0.25) is 14.4 Å². The van der Waals surface area contributed by atoms with Crippen molar-refractivity contribution in [1.29, 1.82) is 0 Å². The Kier molecular flexibility index (Phi) is 8.09. The molecule has 0 aliphatic carbocycles. The van der Waals surface area contributed by atoms with E-state index < -0.39 is 12.1 Å². The smallest absolute Gasteiger partial charge is 0.475 e. The van der Waals surface area contributed by atoms with Crippen LogP contribution >= 0.6 is 0 Å². The molecule has 1 aromatic carbocycles. The third-order valence-electron chi connectivity index (χ3n) is 5.57. The number of carboxylic acid groups (broad SMARTS) is 1. The summed E-state index contributed by atoms with van der Waals surface area (Å²) in [4.78, 5) is 26.0. The van der Waals surface area contributed by atoms with Crippen molar-refractivity contribution in [2.45, 2.75) is 25.2 Å². The number of aryl methyl sites for hydroxylation is 1.